The molecule has 2 heterocycles. The highest BCUT2D eigenvalue weighted by molar-refractivity contribution is 6.35. The van der Waals surface area contributed by atoms with Gasteiger partial charge in [0.15, 0.2) is 0 Å². The highest BCUT2D eigenvalue weighted by atomic mass is 35.5. The number of hydrogen-bond acceptors (Lipinski definition) is 3. The normalized spacial score (nSPS) is 16.9. The molecule has 0 spiro atoms. The number of anilines is 1. The molecule has 24 heavy (non-hydrogen) atoms. The van der Waals surface area contributed by atoms with Crippen molar-refractivity contribution in [2.75, 3.05) is 11.9 Å². The SMILES string of the molecule is O=C(Nc1cc(Cl)cc(Cl)c1)[C@@H]1CCCN1C(=O)c1cccnc1. The quantitative estimate of drug-likeness (QED) is 0.905. The molecular formula is C17H15Cl2N3O2. The average molecular weight is 364 g/mol. The van der Waals surface area contributed by atoms with Gasteiger partial charge in [-0.2, -0.15) is 0 Å². The zero-order valence-electron chi connectivity index (χ0n) is 12.7. The Bertz CT molecular complexity index is 747. The number of benzene rings is 1. The van der Waals surface area contributed by atoms with E-state index in [0.717, 1.165) is 6.42 Å². The van der Waals surface area contributed by atoms with E-state index in [9.17, 15) is 9.59 Å². The number of carbonyl (C=O) groups is 2. The number of aromatic nitrogens is 1. The smallest absolute Gasteiger partial charge is 0.256 e. The molecule has 1 fully saturated rings. The van der Waals surface area contributed by atoms with Crippen molar-refractivity contribution in [3.05, 3.63) is 58.3 Å². The van der Waals surface area contributed by atoms with Gasteiger partial charge in [0.25, 0.3) is 5.91 Å². The number of nitrogens with zero attached hydrogens (tertiary/aromatic N) is 2. The van der Waals surface area contributed by atoms with Crippen molar-refractivity contribution < 1.29 is 9.59 Å². The largest absolute Gasteiger partial charge is 0.327 e. The molecule has 3 rings (SSSR count). The summed E-state index contributed by atoms with van der Waals surface area (Å²) in [6, 6.07) is 7.70. The molecule has 1 aromatic carbocycles. The maximum Gasteiger partial charge on any atom is 0.256 e. The first kappa shape index (κ1) is 16.7. The van der Waals surface area contributed by atoms with Crippen molar-refractivity contribution in [2.24, 2.45) is 0 Å². The Hall–Kier alpha value is -2.11. The van der Waals surface area contributed by atoms with Crippen LogP contribution in [0.2, 0.25) is 10.0 Å². The van der Waals surface area contributed by atoms with E-state index in [1.165, 1.54) is 6.20 Å². The maximum absolute atomic E-state index is 12.6. The van der Waals surface area contributed by atoms with Crippen LogP contribution >= 0.6 is 23.2 Å². The van der Waals surface area contributed by atoms with Crippen molar-refractivity contribution in [1.82, 2.24) is 9.88 Å². The molecule has 0 radical (unpaired) electrons. The number of amides is 2. The van der Waals surface area contributed by atoms with Crippen LogP contribution < -0.4 is 5.32 Å². The zero-order valence-corrected chi connectivity index (χ0v) is 14.2. The van der Waals surface area contributed by atoms with E-state index in [1.807, 2.05) is 0 Å². The average Bonchev–Trinajstić information content (AvgIpc) is 3.03. The summed E-state index contributed by atoms with van der Waals surface area (Å²) in [5.74, 6) is -0.437. The van der Waals surface area contributed by atoms with Crippen LogP contribution in [-0.2, 0) is 4.79 Å². The lowest BCUT2D eigenvalue weighted by Gasteiger charge is -2.24. The lowest BCUT2D eigenvalue weighted by atomic mass is 10.1. The minimum absolute atomic E-state index is 0.190. The minimum Gasteiger partial charge on any atom is -0.327 e. The van der Waals surface area contributed by atoms with Gasteiger partial charge in [-0.1, -0.05) is 23.2 Å². The van der Waals surface area contributed by atoms with Crippen molar-refractivity contribution in [1.29, 1.82) is 0 Å². The molecule has 124 valence electrons. The first-order valence-electron chi connectivity index (χ1n) is 7.52. The van der Waals surface area contributed by atoms with Gasteiger partial charge in [0.05, 0.1) is 5.56 Å². The van der Waals surface area contributed by atoms with E-state index in [4.69, 9.17) is 23.2 Å². The number of rotatable bonds is 3. The van der Waals surface area contributed by atoms with Gasteiger partial charge in [-0.05, 0) is 43.2 Å². The van der Waals surface area contributed by atoms with E-state index in [-0.39, 0.29) is 11.8 Å². The van der Waals surface area contributed by atoms with Crippen molar-refractivity contribution in [3.8, 4) is 0 Å². The van der Waals surface area contributed by atoms with Crippen molar-refractivity contribution >= 4 is 40.7 Å². The summed E-state index contributed by atoms with van der Waals surface area (Å²) in [6.45, 7) is 0.544. The molecule has 1 saturated heterocycles. The van der Waals surface area contributed by atoms with Gasteiger partial charge >= 0.3 is 0 Å². The fraction of sp³-hybridized carbons (Fsp3) is 0.235. The number of halogens is 2. The Balaban J connectivity index is 1.75. The van der Waals surface area contributed by atoms with Gasteiger partial charge in [-0.25, -0.2) is 0 Å². The first-order chi connectivity index (χ1) is 11.5. The van der Waals surface area contributed by atoms with Crippen LogP contribution in [0.15, 0.2) is 42.7 Å². The molecule has 7 heteroatoms. The molecule has 1 aliphatic rings. The van der Waals surface area contributed by atoms with E-state index < -0.39 is 6.04 Å². The number of nitrogens with one attached hydrogen (secondary N) is 1. The van der Waals surface area contributed by atoms with Crippen molar-refractivity contribution in [2.45, 2.75) is 18.9 Å². The lowest BCUT2D eigenvalue weighted by Crippen LogP contribution is -2.43. The number of likely N-dealkylation sites (tertiary alicyclic amines) is 1. The summed E-state index contributed by atoms with van der Waals surface area (Å²) in [7, 11) is 0. The minimum atomic E-state index is -0.518. The molecule has 1 aliphatic heterocycles. The van der Waals surface area contributed by atoms with E-state index in [1.54, 1.807) is 41.4 Å². The van der Waals surface area contributed by atoms with Gasteiger partial charge < -0.3 is 10.2 Å². The molecule has 2 amide bonds. The van der Waals surface area contributed by atoms with E-state index >= 15 is 0 Å². The molecule has 0 unspecified atom stereocenters. The van der Waals surface area contributed by atoms with Gasteiger partial charge in [0.1, 0.15) is 6.04 Å². The second-order valence-corrected chi connectivity index (χ2v) is 6.42. The second-order valence-electron chi connectivity index (χ2n) is 5.55. The van der Waals surface area contributed by atoms with Crippen LogP contribution in [-0.4, -0.2) is 34.3 Å². The molecule has 1 aromatic heterocycles. The third-order valence-electron chi connectivity index (χ3n) is 3.85. The van der Waals surface area contributed by atoms with Gasteiger partial charge in [0, 0.05) is 34.7 Å². The Kier molecular flexibility index (Phi) is 5.02. The Morgan fingerprint density at radius 2 is 1.96 bits per heavy atom. The lowest BCUT2D eigenvalue weighted by molar-refractivity contribution is -0.119. The summed E-state index contributed by atoms with van der Waals surface area (Å²) in [4.78, 5) is 30.7. The van der Waals surface area contributed by atoms with Gasteiger partial charge in [-0.15, -0.1) is 0 Å². The van der Waals surface area contributed by atoms with Crippen LogP contribution in [0, 0.1) is 0 Å². The van der Waals surface area contributed by atoms with Crippen LogP contribution in [0.3, 0.4) is 0 Å². The van der Waals surface area contributed by atoms with Crippen LogP contribution in [0.4, 0.5) is 5.69 Å². The molecular weight excluding hydrogens is 349 g/mol. The highest BCUT2D eigenvalue weighted by Gasteiger charge is 2.34. The number of hydrogen-bond donors (Lipinski definition) is 1. The monoisotopic (exact) mass is 363 g/mol. The van der Waals surface area contributed by atoms with Crippen LogP contribution in [0.1, 0.15) is 23.2 Å². The van der Waals surface area contributed by atoms with Gasteiger partial charge in [-0.3, -0.25) is 14.6 Å². The first-order valence-corrected chi connectivity index (χ1v) is 8.28. The molecule has 1 atom stereocenters. The molecule has 1 N–H and O–H groups in total. The molecule has 5 nitrogen and oxygen atoms in total. The molecule has 0 saturated carbocycles. The number of pyridine rings is 1. The fourth-order valence-corrected chi connectivity index (χ4v) is 3.32. The summed E-state index contributed by atoms with van der Waals surface area (Å²) in [6.07, 6.45) is 4.51. The summed E-state index contributed by atoms with van der Waals surface area (Å²) in [5.41, 5.74) is 0.987. The Morgan fingerprint density at radius 3 is 2.62 bits per heavy atom. The van der Waals surface area contributed by atoms with E-state index in [0.29, 0.717) is 34.3 Å². The van der Waals surface area contributed by atoms with E-state index in [2.05, 4.69) is 10.3 Å². The fourth-order valence-electron chi connectivity index (χ4n) is 2.79. The molecule has 0 aliphatic carbocycles. The summed E-state index contributed by atoms with van der Waals surface area (Å²) < 4.78 is 0. The molecule has 0 bridgehead atoms. The second kappa shape index (κ2) is 7.20. The number of carbonyl (C=O) groups excluding carboxylic acids is 2. The van der Waals surface area contributed by atoms with Crippen LogP contribution in [0.25, 0.3) is 0 Å². The third-order valence-corrected chi connectivity index (χ3v) is 4.29. The zero-order chi connectivity index (χ0) is 17.1. The predicted octanol–water partition coefficient (Wildman–Crippen LogP) is 3.63. The third kappa shape index (κ3) is 3.68. The van der Waals surface area contributed by atoms with Crippen molar-refractivity contribution in [3.63, 3.8) is 0 Å². The topological polar surface area (TPSA) is 62.3 Å². The predicted molar refractivity (Wildman–Crippen MR) is 93.4 cm³/mol. The Morgan fingerprint density at radius 1 is 1.21 bits per heavy atom. The Labute approximate surface area is 149 Å². The maximum atomic E-state index is 12.6. The molecule has 2 aromatic rings. The summed E-state index contributed by atoms with van der Waals surface area (Å²) >= 11 is 11.9. The van der Waals surface area contributed by atoms with Crippen LogP contribution in [0.5, 0.6) is 0 Å². The summed E-state index contributed by atoms with van der Waals surface area (Å²) in [5, 5.41) is 3.66. The standard InChI is InChI=1S/C17H15Cl2N3O2/c18-12-7-13(19)9-14(8-12)21-16(23)15-4-2-6-22(15)17(24)11-3-1-5-20-10-11/h1,3,5,7-10,15H,2,4,6H2,(H,21,23)/t15-/m0/s1. The van der Waals surface area contributed by atoms with Gasteiger partial charge in [0.2, 0.25) is 5.91 Å². The highest BCUT2D eigenvalue weighted by Crippen LogP contribution is 2.25.